The van der Waals surface area contributed by atoms with Crippen molar-refractivity contribution in [2.24, 2.45) is 0 Å². The lowest BCUT2D eigenvalue weighted by Gasteiger charge is -2.08. The quantitative estimate of drug-likeness (QED) is 0.548. The van der Waals surface area contributed by atoms with Crippen LogP contribution in [0.25, 0.3) is 0 Å². The van der Waals surface area contributed by atoms with E-state index in [0.717, 1.165) is 29.8 Å². The number of carbonyl (C=O) groups excluding carboxylic acids is 1. The van der Waals surface area contributed by atoms with Crippen molar-refractivity contribution in [3.05, 3.63) is 77.0 Å². The van der Waals surface area contributed by atoms with E-state index in [4.69, 9.17) is 0 Å². The van der Waals surface area contributed by atoms with Crippen molar-refractivity contribution in [2.75, 3.05) is 5.32 Å². The van der Waals surface area contributed by atoms with E-state index in [2.05, 4.69) is 10.3 Å². The summed E-state index contributed by atoms with van der Waals surface area (Å²) in [5.41, 5.74) is -0.0311. The second-order valence-corrected chi connectivity index (χ2v) is 5.87. The number of nitrogens with one attached hydrogen (secondary N) is 2. The predicted octanol–water partition coefficient (Wildman–Crippen LogP) is 4.29. The fourth-order valence-electron chi connectivity index (χ4n) is 2.61. The highest BCUT2D eigenvalue weighted by Crippen LogP contribution is 2.33. The summed E-state index contributed by atoms with van der Waals surface area (Å²) in [6.07, 6.45) is -4.22. The van der Waals surface area contributed by atoms with Gasteiger partial charge in [0.05, 0.1) is 11.3 Å². The van der Waals surface area contributed by atoms with Crippen molar-refractivity contribution < 1.29 is 28.2 Å². The Hall–Kier alpha value is -3.42. The van der Waals surface area contributed by atoms with Crippen LogP contribution in [0.2, 0.25) is 0 Å². The van der Waals surface area contributed by atoms with Gasteiger partial charge in [-0.3, -0.25) is 4.79 Å². The minimum atomic E-state index is -4.48. The molecule has 3 rings (SSSR count). The summed E-state index contributed by atoms with van der Waals surface area (Å²) in [7, 11) is 0. The van der Waals surface area contributed by atoms with Crippen molar-refractivity contribution in [3.8, 4) is 11.6 Å². The van der Waals surface area contributed by atoms with Crippen LogP contribution in [-0.4, -0.2) is 21.1 Å². The van der Waals surface area contributed by atoms with Gasteiger partial charge in [0.2, 0.25) is 5.88 Å². The Labute approximate surface area is 152 Å². The Morgan fingerprint density at radius 3 is 2.22 bits per heavy atom. The summed E-state index contributed by atoms with van der Waals surface area (Å²) < 4.78 is 37.7. The third-order valence-electron chi connectivity index (χ3n) is 3.95. The summed E-state index contributed by atoms with van der Waals surface area (Å²) in [5.74, 6) is -1.79. The Kier molecular flexibility index (Phi) is 4.81. The fraction of sp³-hybridized carbons (Fsp3) is 0.105. The maximum atomic E-state index is 12.6. The summed E-state index contributed by atoms with van der Waals surface area (Å²) in [4.78, 5) is 14.9. The molecule has 0 radical (unpaired) electrons. The third-order valence-corrected chi connectivity index (χ3v) is 3.95. The number of alkyl halides is 3. The maximum absolute atomic E-state index is 12.6. The molecule has 3 aromatic rings. The van der Waals surface area contributed by atoms with Gasteiger partial charge in [-0.15, -0.1) is 0 Å². The molecule has 4 N–H and O–H groups in total. The fourth-order valence-corrected chi connectivity index (χ4v) is 2.61. The monoisotopic (exact) mass is 376 g/mol. The van der Waals surface area contributed by atoms with Crippen LogP contribution in [-0.2, 0) is 12.6 Å². The zero-order valence-corrected chi connectivity index (χ0v) is 13.8. The number of hydrogen-bond acceptors (Lipinski definition) is 3. The van der Waals surface area contributed by atoms with E-state index in [1.54, 1.807) is 0 Å². The Balaban J connectivity index is 1.79. The van der Waals surface area contributed by atoms with Crippen LogP contribution in [0.4, 0.5) is 18.9 Å². The second kappa shape index (κ2) is 7.06. The molecule has 0 atom stereocenters. The standard InChI is InChI=1S/C19H15F3N2O3/c20-19(21,22)12-6-8-13(9-7-12)23-17(26)15-16(25)14(24-18(15)27)10-11-4-2-1-3-5-11/h1-9,24-25,27H,10H2,(H,23,26). The maximum Gasteiger partial charge on any atom is 0.416 e. The molecule has 1 heterocycles. The summed E-state index contributed by atoms with van der Waals surface area (Å²) in [6.45, 7) is 0. The van der Waals surface area contributed by atoms with Gasteiger partial charge in [0.1, 0.15) is 5.56 Å². The van der Waals surface area contributed by atoms with Gasteiger partial charge in [-0.1, -0.05) is 30.3 Å². The van der Waals surface area contributed by atoms with E-state index in [0.29, 0.717) is 0 Å². The minimum Gasteiger partial charge on any atom is -0.505 e. The molecule has 1 aromatic heterocycles. The Morgan fingerprint density at radius 2 is 1.63 bits per heavy atom. The van der Waals surface area contributed by atoms with Gasteiger partial charge in [-0.25, -0.2) is 0 Å². The smallest absolute Gasteiger partial charge is 0.416 e. The average Bonchev–Trinajstić information content (AvgIpc) is 2.89. The van der Waals surface area contributed by atoms with Crippen LogP contribution in [0.15, 0.2) is 54.6 Å². The topological polar surface area (TPSA) is 85.4 Å². The van der Waals surface area contributed by atoms with E-state index in [9.17, 15) is 28.2 Å². The van der Waals surface area contributed by atoms with Gasteiger partial charge in [0.25, 0.3) is 5.91 Å². The zero-order valence-electron chi connectivity index (χ0n) is 13.8. The highest BCUT2D eigenvalue weighted by atomic mass is 19.4. The van der Waals surface area contributed by atoms with Gasteiger partial charge < -0.3 is 20.5 Å². The normalized spacial score (nSPS) is 11.4. The van der Waals surface area contributed by atoms with Crippen molar-refractivity contribution in [1.29, 1.82) is 0 Å². The first kappa shape index (κ1) is 18.4. The summed E-state index contributed by atoms with van der Waals surface area (Å²) >= 11 is 0. The van der Waals surface area contributed by atoms with Crippen LogP contribution < -0.4 is 5.32 Å². The molecule has 8 heteroatoms. The van der Waals surface area contributed by atoms with Gasteiger partial charge in [-0.05, 0) is 29.8 Å². The molecule has 0 aliphatic carbocycles. The molecular weight excluding hydrogens is 361 g/mol. The lowest BCUT2D eigenvalue weighted by atomic mass is 10.1. The van der Waals surface area contributed by atoms with E-state index in [-0.39, 0.29) is 23.4 Å². The molecule has 0 fully saturated rings. The molecule has 140 valence electrons. The Bertz CT molecular complexity index is 949. The third kappa shape index (κ3) is 4.05. The number of halogens is 3. The Morgan fingerprint density at radius 1 is 1.00 bits per heavy atom. The molecular formula is C19H15F3N2O3. The SMILES string of the molecule is O=C(Nc1ccc(C(F)(F)F)cc1)c1c(O)[nH]c(Cc2ccccc2)c1O. The average molecular weight is 376 g/mol. The van der Waals surface area contributed by atoms with Crippen LogP contribution in [0.3, 0.4) is 0 Å². The molecule has 0 aliphatic rings. The molecule has 0 bridgehead atoms. The molecule has 1 amide bonds. The molecule has 2 aromatic carbocycles. The van der Waals surface area contributed by atoms with E-state index in [1.807, 2.05) is 30.3 Å². The van der Waals surface area contributed by atoms with Crippen molar-refractivity contribution in [3.63, 3.8) is 0 Å². The summed E-state index contributed by atoms with van der Waals surface area (Å²) in [5, 5.41) is 22.6. The number of hydrogen-bond donors (Lipinski definition) is 4. The highest BCUT2D eigenvalue weighted by Gasteiger charge is 2.30. The van der Waals surface area contributed by atoms with E-state index < -0.39 is 29.3 Å². The first-order valence-corrected chi connectivity index (χ1v) is 7.91. The number of aromatic hydroxyl groups is 2. The van der Waals surface area contributed by atoms with Crippen molar-refractivity contribution >= 4 is 11.6 Å². The zero-order chi connectivity index (χ0) is 19.6. The molecule has 0 unspecified atom stereocenters. The number of amides is 1. The minimum absolute atomic E-state index is 0.0950. The first-order chi connectivity index (χ1) is 12.8. The van der Waals surface area contributed by atoms with Crippen LogP contribution in [0.5, 0.6) is 11.6 Å². The van der Waals surface area contributed by atoms with E-state index in [1.165, 1.54) is 0 Å². The predicted molar refractivity (Wildman–Crippen MR) is 92.8 cm³/mol. The molecule has 0 saturated heterocycles. The number of aromatic amines is 1. The van der Waals surface area contributed by atoms with Gasteiger partial charge in [0.15, 0.2) is 5.75 Å². The van der Waals surface area contributed by atoms with Gasteiger partial charge >= 0.3 is 6.18 Å². The molecule has 0 saturated carbocycles. The van der Waals surface area contributed by atoms with Crippen LogP contribution in [0, 0.1) is 0 Å². The molecule has 0 aliphatic heterocycles. The van der Waals surface area contributed by atoms with Gasteiger partial charge in [0, 0.05) is 12.1 Å². The van der Waals surface area contributed by atoms with E-state index >= 15 is 0 Å². The molecule has 5 nitrogen and oxygen atoms in total. The first-order valence-electron chi connectivity index (χ1n) is 7.91. The number of anilines is 1. The van der Waals surface area contributed by atoms with Crippen molar-refractivity contribution in [2.45, 2.75) is 12.6 Å². The number of aromatic nitrogens is 1. The number of H-pyrrole nitrogens is 1. The lowest BCUT2D eigenvalue weighted by Crippen LogP contribution is -2.12. The number of carbonyl (C=O) groups is 1. The number of rotatable bonds is 4. The van der Waals surface area contributed by atoms with Gasteiger partial charge in [-0.2, -0.15) is 13.2 Å². The number of benzene rings is 2. The van der Waals surface area contributed by atoms with Crippen LogP contribution >= 0.6 is 0 Å². The molecule has 27 heavy (non-hydrogen) atoms. The molecule has 0 spiro atoms. The second-order valence-electron chi connectivity index (χ2n) is 5.87. The van der Waals surface area contributed by atoms with Crippen molar-refractivity contribution in [1.82, 2.24) is 4.98 Å². The lowest BCUT2D eigenvalue weighted by molar-refractivity contribution is -0.137. The highest BCUT2D eigenvalue weighted by molar-refractivity contribution is 6.08. The summed E-state index contributed by atoms with van der Waals surface area (Å²) in [6, 6.07) is 12.9. The van der Waals surface area contributed by atoms with Crippen LogP contribution in [0.1, 0.15) is 27.2 Å². The largest absolute Gasteiger partial charge is 0.505 e.